The summed E-state index contributed by atoms with van der Waals surface area (Å²) in [6, 6.07) is 16.8. The second-order valence-electron chi connectivity index (χ2n) is 6.78. The third-order valence-corrected chi connectivity index (χ3v) is 5.82. The highest BCUT2D eigenvalue weighted by atomic mass is 32.2. The Hall–Kier alpha value is -2.47. The van der Waals surface area contributed by atoms with Crippen LogP contribution in [0.2, 0.25) is 0 Å². The Kier molecular flexibility index (Phi) is 5.34. The molecule has 1 fully saturated rings. The standard InChI is InChI=1S/C21H24N4OS/c1-16-5-9-18(10-6-16)25-20(24-13-3-4-14-24)22-23-21(25)27-15-17-7-11-19(26-2)12-8-17/h5-12H,3-4,13-15H2,1-2H3. The van der Waals surface area contributed by atoms with Crippen LogP contribution in [0.1, 0.15) is 24.0 Å². The van der Waals surface area contributed by atoms with Gasteiger partial charge in [-0.1, -0.05) is 41.6 Å². The number of rotatable bonds is 6. The van der Waals surface area contributed by atoms with Crippen molar-refractivity contribution in [2.45, 2.75) is 30.7 Å². The molecule has 0 unspecified atom stereocenters. The minimum Gasteiger partial charge on any atom is -0.497 e. The molecule has 1 aliphatic rings. The second-order valence-corrected chi connectivity index (χ2v) is 7.73. The first-order valence-corrected chi connectivity index (χ1v) is 10.3. The van der Waals surface area contributed by atoms with Crippen LogP contribution in [0.3, 0.4) is 0 Å². The van der Waals surface area contributed by atoms with Gasteiger partial charge in [0.15, 0.2) is 5.16 Å². The number of hydrogen-bond donors (Lipinski definition) is 0. The van der Waals surface area contributed by atoms with E-state index in [2.05, 4.69) is 63.0 Å². The highest BCUT2D eigenvalue weighted by molar-refractivity contribution is 7.98. The Morgan fingerprint density at radius 2 is 1.67 bits per heavy atom. The molecule has 140 valence electrons. The Morgan fingerprint density at radius 3 is 2.33 bits per heavy atom. The van der Waals surface area contributed by atoms with Gasteiger partial charge in [0.2, 0.25) is 5.95 Å². The van der Waals surface area contributed by atoms with E-state index >= 15 is 0 Å². The lowest BCUT2D eigenvalue weighted by atomic mass is 10.2. The minimum atomic E-state index is 0.841. The van der Waals surface area contributed by atoms with Gasteiger partial charge in [0, 0.05) is 18.8 Å². The van der Waals surface area contributed by atoms with Crippen molar-refractivity contribution in [3.8, 4) is 11.4 Å². The average molecular weight is 381 g/mol. The number of nitrogens with zero attached hydrogens (tertiary/aromatic N) is 4. The van der Waals surface area contributed by atoms with Crippen LogP contribution < -0.4 is 9.64 Å². The first-order valence-electron chi connectivity index (χ1n) is 9.28. The predicted octanol–water partition coefficient (Wildman–Crippen LogP) is 4.48. The van der Waals surface area contributed by atoms with E-state index in [-0.39, 0.29) is 0 Å². The zero-order chi connectivity index (χ0) is 18.6. The molecule has 6 heteroatoms. The molecule has 3 aromatic rings. The van der Waals surface area contributed by atoms with Crippen molar-refractivity contribution >= 4 is 17.7 Å². The predicted molar refractivity (Wildman–Crippen MR) is 110 cm³/mol. The summed E-state index contributed by atoms with van der Waals surface area (Å²) >= 11 is 1.71. The van der Waals surface area contributed by atoms with Gasteiger partial charge in [-0.3, -0.25) is 4.57 Å². The van der Waals surface area contributed by atoms with Crippen molar-refractivity contribution in [3.05, 3.63) is 59.7 Å². The number of ether oxygens (including phenoxy) is 1. The lowest BCUT2D eigenvalue weighted by Crippen LogP contribution is -2.22. The van der Waals surface area contributed by atoms with Gasteiger partial charge in [0.05, 0.1) is 12.8 Å². The molecule has 0 spiro atoms. The largest absolute Gasteiger partial charge is 0.497 e. The Labute approximate surface area is 164 Å². The van der Waals surface area contributed by atoms with E-state index < -0.39 is 0 Å². The maximum Gasteiger partial charge on any atom is 0.232 e. The molecular weight excluding hydrogens is 356 g/mol. The monoisotopic (exact) mass is 380 g/mol. The van der Waals surface area contributed by atoms with Crippen molar-refractivity contribution in [2.75, 3.05) is 25.1 Å². The summed E-state index contributed by atoms with van der Waals surface area (Å²) in [6.45, 7) is 4.21. The van der Waals surface area contributed by atoms with E-state index in [4.69, 9.17) is 4.74 Å². The summed E-state index contributed by atoms with van der Waals surface area (Å²) in [6.07, 6.45) is 2.43. The van der Waals surface area contributed by atoms with Gasteiger partial charge in [0.25, 0.3) is 0 Å². The van der Waals surface area contributed by atoms with Crippen LogP contribution in [-0.2, 0) is 5.75 Å². The summed E-state index contributed by atoms with van der Waals surface area (Å²) in [5.74, 6) is 2.67. The van der Waals surface area contributed by atoms with Crippen LogP contribution in [0.5, 0.6) is 5.75 Å². The van der Waals surface area contributed by atoms with Crippen molar-refractivity contribution in [1.29, 1.82) is 0 Å². The Bertz CT molecular complexity index is 884. The molecule has 27 heavy (non-hydrogen) atoms. The zero-order valence-corrected chi connectivity index (χ0v) is 16.6. The van der Waals surface area contributed by atoms with E-state index in [1.807, 2.05) is 12.1 Å². The summed E-state index contributed by atoms with van der Waals surface area (Å²) in [5, 5.41) is 9.98. The first kappa shape index (κ1) is 17.9. The van der Waals surface area contributed by atoms with Gasteiger partial charge in [0.1, 0.15) is 5.75 Å². The number of methoxy groups -OCH3 is 1. The number of benzene rings is 2. The zero-order valence-electron chi connectivity index (χ0n) is 15.8. The molecule has 2 heterocycles. The van der Waals surface area contributed by atoms with Crippen LogP contribution in [0.25, 0.3) is 5.69 Å². The summed E-state index contributed by atoms with van der Waals surface area (Å²) < 4.78 is 7.43. The fraction of sp³-hybridized carbons (Fsp3) is 0.333. The van der Waals surface area contributed by atoms with Gasteiger partial charge in [-0.15, -0.1) is 10.2 Å². The molecular formula is C21H24N4OS. The van der Waals surface area contributed by atoms with Gasteiger partial charge in [-0.2, -0.15) is 0 Å². The Morgan fingerprint density at radius 1 is 0.963 bits per heavy atom. The number of hydrogen-bond acceptors (Lipinski definition) is 5. The van der Waals surface area contributed by atoms with E-state index in [1.165, 1.54) is 24.0 Å². The van der Waals surface area contributed by atoms with Crippen molar-refractivity contribution in [1.82, 2.24) is 14.8 Å². The summed E-state index contributed by atoms with van der Waals surface area (Å²) in [7, 11) is 1.69. The van der Waals surface area contributed by atoms with E-state index in [0.717, 1.165) is 41.4 Å². The minimum absolute atomic E-state index is 0.841. The lowest BCUT2D eigenvalue weighted by molar-refractivity contribution is 0.414. The number of anilines is 1. The molecule has 0 radical (unpaired) electrons. The fourth-order valence-electron chi connectivity index (χ4n) is 3.27. The van der Waals surface area contributed by atoms with E-state index in [9.17, 15) is 0 Å². The number of aryl methyl sites for hydroxylation is 1. The first-order chi connectivity index (χ1) is 13.2. The third kappa shape index (κ3) is 3.95. The number of thioether (sulfide) groups is 1. The van der Waals surface area contributed by atoms with E-state index in [0.29, 0.717) is 0 Å². The highest BCUT2D eigenvalue weighted by Gasteiger charge is 2.22. The van der Waals surface area contributed by atoms with Crippen LogP contribution in [-0.4, -0.2) is 35.0 Å². The topological polar surface area (TPSA) is 43.2 Å². The molecule has 5 nitrogen and oxygen atoms in total. The highest BCUT2D eigenvalue weighted by Crippen LogP contribution is 2.30. The summed E-state index contributed by atoms with van der Waals surface area (Å²) in [4.78, 5) is 2.34. The third-order valence-electron chi connectivity index (χ3n) is 4.82. The molecule has 2 aromatic carbocycles. The Balaban J connectivity index is 1.61. The lowest BCUT2D eigenvalue weighted by Gasteiger charge is -2.18. The maximum absolute atomic E-state index is 5.24. The van der Waals surface area contributed by atoms with Gasteiger partial charge in [-0.25, -0.2) is 0 Å². The summed E-state index contributed by atoms with van der Waals surface area (Å²) in [5.41, 5.74) is 3.61. The van der Waals surface area contributed by atoms with Gasteiger partial charge in [-0.05, 0) is 49.6 Å². The van der Waals surface area contributed by atoms with Crippen LogP contribution in [0.15, 0.2) is 53.7 Å². The SMILES string of the molecule is COc1ccc(CSc2nnc(N3CCCC3)n2-c2ccc(C)cc2)cc1. The molecule has 0 N–H and O–H groups in total. The van der Waals surface area contributed by atoms with E-state index in [1.54, 1.807) is 18.9 Å². The maximum atomic E-state index is 5.24. The van der Waals surface area contributed by atoms with Gasteiger partial charge >= 0.3 is 0 Å². The smallest absolute Gasteiger partial charge is 0.232 e. The molecule has 0 amide bonds. The fourth-order valence-corrected chi connectivity index (χ4v) is 4.17. The van der Waals surface area contributed by atoms with Crippen LogP contribution in [0, 0.1) is 6.92 Å². The molecule has 0 aliphatic carbocycles. The molecule has 0 bridgehead atoms. The average Bonchev–Trinajstić information content (AvgIpc) is 3.37. The van der Waals surface area contributed by atoms with Crippen molar-refractivity contribution in [3.63, 3.8) is 0 Å². The normalized spacial score (nSPS) is 13.9. The molecule has 1 aliphatic heterocycles. The van der Waals surface area contributed by atoms with Crippen LogP contribution >= 0.6 is 11.8 Å². The molecule has 1 aromatic heterocycles. The second kappa shape index (κ2) is 8.05. The van der Waals surface area contributed by atoms with Crippen LogP contribution in [0.4, 0.5) is 5.95 Å². The molecule has 0 atom stereocenters. The van der Waals surface area contributed by atoms with Crippen molar-refractivity contribution < 1.29 is 4.74 Å². The molecule has 4 rings (SSSR count). The molecule has 0 saturated carbocycles. The molecule has 1 saturated heterocycles. The quantitative estimate of drug-likeness (QED) is 0.590. The van der Waals surface area contributed by atoms with Crippen molar-refractivity contribution in [2.24, 2.45) is 0 Å². The van der Waals surface area contributed by atoms with Gasteiger partial charge < -0.3 is 9.64 Å². The number of aromatic nitrogens is 3.